The minimum absolute atomic E-state index is 0.190. The molecule has 1 unspecified atom stereocenters. The van der Waals surface area contributed by atoms with Gasteiger partial charge in [0.1, 0.15) is 0 Å². The van der Waals surface area contributed by atoms with Gasteiger partial charge < -0.3 is 4.74 Å². The number of halogens is 2. The molecule has 1 fully saturated rings. The standard InChI is InChI=1S/C18H21ClINO3/c1-2-24-18(23)15(11-21-13-6-4-3-5-7-13)17(22)14-9-8-12(20)10-16(14)19/h8-11,13,15H,2-7H2,1H3. The summed E-state index contributed by atoms with van der Waals surface area (Å²) in [5.74, 6) is -1.98. The highest BCUT2D eigenvalue weighted by Crippen LogP contribution is 2.23. The monoisotopic (exact) mass is 461 g/mol. The van der Waals surface area contributed by atoms with Crippen molar-refractivity contribution in [3.05, 3.63) is 32.4 Å². The second-order valence-corrected chi connectivity index (χ2v) is 7.46. The molecule has 1 aromatic rings. The van der Waals surface area contributed by atoms with E-state index in [1.165, 1.54) is 12.6 Å². The Morgan fingerprint density at radius 2 is 2.08 bits per heavy atom. The van der Waals surface area contributed by atoms with Crippen LogP contribution in [0.25, 0.3) is 0 Å². The zero-order chi connectivity index (χ0) is 17.5. The molecule has 1 atom stereocenters. The number of esters is 1. The molecule has 1 aromatic carbocycles. The van der Waals surface area contributed by atoms with Crippen LogP contribution in [0.5, 0.6) is 0 Å². The fourth-order valence-electron chi connectivity index (χ4n) is 2.76. The molecule has 0 aliphatic heterocycles. The molecule has 0 heterocycles. The lowest BCUT2D eigenvalue weighted by Crippen LogP contribution is -2.28. The van der Waals surface area contributed by atoms with Crippen LogP contribution in [-0.2, 0) is 9.53 Å². The van der Waals surface area contributed by atoms with Crippen molar-refractivity contribution in [3.63, 3.8) is 0 Å². The van der Waals surface area contributed by atoms with E-state index in [9.17, 15) is 9.59 Å². The minimum Gasteiger partial charge on any atom is -0.465 e. The van der Waals surface area contributed by atoms with Gasteiger partial charge in [0, 0.05) is 21.4 Å². The summed E-state index contributed by atoms with van der Waals surface area (Å²) >= 11 is 8.30. The number of nitrogens with zero attached hydrogens (tertiary/aromatic N) is 1. The Morgan fingerprint density at radius 3 is 2.71 bits per heavy atom. The Balaban J connectivity index is 2.22. The molecule has 1 saturated carbocycles. The maximum absolute atomic E-state index is 12.8. The molecule has 0 amide bonds. The van der Waals surface area contributed by atoms with Gasteiger partial charge in [0.15, 0.2) is 11.7 Å². The summed E-state index contributed by atoms with van der Waals surface area (Å²) in [4.78, 5) is 29.5. The molecule has 0 saturated heterocycles. The van der Waals surface area contributed by atoms with Crippen LogP contribution in [0.1, 0.15) is 49.4 Å². The molecule has 130 valence electrons. The van der Waals surface area contributed by atoms with Gasteiger partial charge >= 0.3 is 5.97 Å². The van der Waals surface area contributed by atoms with Crippen molar-refractivity contribution in [2.75, 3.05) is 6.61 Å². The first-order chi connectivity index (χ1) is 11.5. The van der Waals surface area contributed by atoms with Gasteiger partial charge in [0.2, 0.25) is 0 Å². The van der Waals surface area contributed by atoms with Crippen molar-refractivity contribution in [2.45, 2.75) is 45.1 Å². The summed E-state index contributed by atoms with van der Waals surface area (Å²) in [6.07, 6.45) is 6.98. The second-order valence-electron chi connectivity index (χ2n) is 5.81. The summed E-state index contributed by atoms with van der Waals surface area (Å²) in [5.41, 5.74) is 0.324. The highest BCUT2D eigenvalue weighted by Gasteiger charge is 2.29. The summed E-state index contributed by atoms with van der Waals surface area (Å²) in [6, 6.07) is 5.33. The number of benzene rings is 1. The van der Waals surface area contributed by atoms with Gasteiger partial charge in [-0.25, -0.2) is 0 Å². The van der Waals surface area contributed by atoms with Gasteiger partial charge in [-0.1, -0.05) is 30.9 Å². The maximum Gasteiger partial charge on any atom is 0.322 e. The maximum atomic E-state index is 12.8. The van der Waals surface area contributed by atoms with E-state index in [1.807, 2.05) is 0 Å². The molecule has 0 bridgehead atoms. The topological polar surface area (TPSA) is 55.7 Å². The lowest BCUT2D eigenvalue weighted by Gasteiger charge is -2.18. The van der Waals surface area contributed by atoms with E-state index < -0.39 is 11.9 Å². The van der Waals surface area contributed by atoms with Crippen molar-refractivity contribution >= 4 is 52.2 Å². The van der Waals surface area contributed by atoms with Crippen LogP contribution in [0.4, 0.5) is 0 Å². The van der Waals surface area contributed by atoms with Gasteiger partial charge in [-0.15, -0.1) is 0 Å². The molecule has 24 heavy (non-hydrogen) atoms. The van der Waals surface area contributed by atoms with Crippen molar-refractivity contribution < 1.29 is 14.3 Å². The van der Waals surface area contributed by atoms with Crippen molar-refractivity contribution in [1.29, 1.82) is 0 Å². The molecule has 1 aliphatic rings. The third kappa shape index (κ3) is 5.28. The zero-order valence-electron chi connectivity index (χ0n) is 13.6. The average Bonchev–Trinajstić information content (AvgIpc) is 2.56. The Morgan fingerprint density at radius 1 is 1.38 bits per heavy atom. The zero-order valence-corrected chi connectivity index (χ0v) is 16.5. The Labute approximate surface area is 161 Å². The normalized spacial score (nSPS) is 17.0. The van der Waals surface area contributed by atoms with Crippen molar-refractivity contribution in [2.24, 2.45) is 10.9 Å². The fourth-order valence-corrected chi connectivity index (χ4v) is 3.71. The van der Waals surface area contributed by atoms with Gasteiger partial charge in [-0.2, -0.15) is 0 Å². The number of ether oxygens (including phenoxy) is 1. The van der Waals surface area contributed by atoms with Gasteiger partial charge in [0.25, 0.3) is 0 Å². The van der Waals surface area contributed by atoms with Gasteiger partial charge in [-0.3, -0.25) is 14.6 Å². The van der Waals surface area contributed by atoms with Crippen LogP contribution < -0.4 is 0 Å². The van der Waals surface area contributed by atoms with E-state index in [4.69, 9.17) is 16.3 Å². The van der Waals surface area contributed by atoms with Crippen LogP contribution in [0.3, 0.4) is 0 Å². The summed E-state index contributed by atoms with van der Waals surface area (Å²) in [7, 11) is 0. The smallest absolute Gasteiger partial charge is 0.322 e. The second kappa shape index (κ2) is 9.51. The van der Waals surface area contributed by atoms with Gasteiger partial charge in [0.05, 0.1) is 11.6 Å². The van der Waals surface area contributed by atoms with Crippen LogP contribution in [-0.4, -0.2) is 30.6 Å². The van der Waals surface area contributed by atoms with Crippen LogP contribution in [0.15, 0.2) is 23.2 Å². The first-order valence-electron chi connectivity index (χ1n) is 8.22. The highest BCUT2D eigenvalue weighted by molar-refractivity contribution is 14.1. The largest absolute Gasteiger partial charge is 0.465 e. The fraction of sp³-hybridized carbons (Fsp3) is 0.500. The first-order valence-corrected chi connectivity index (χ1v) is 9.67. The Kier molecular flexibility index (Phi) is 7.68. The first kappa shape index (κ1) is 19.4. The van der Waals surface area contributed by atoms with E-state index in [-0.39, 0.29) is 18.4 Å². The van der Waals surface area contributed by atoms with E-state index >= 15 is 0 Å². The SMILES string of the molecule is CCOC(=O)C(C=NC1CCCCC1)C(=O)c1ccc(I)cc1Cl. The van der Waals surface area contributed by atoms with E-state index in [1.54, 1.807) is 25.1 Å². The molecular weight excluding hydrogens is 441 g/mol. The molecule has 0 N–H and O–H groups in total. The van der Waals surface area contributed by atoms with E-state index in [2.05, 4.69) is 27.6 Å². The summed E-state index contributed by atoms with van der Waals surface area (Å²) < 4.78 is 5.98. The summed E-state index contributed by atoms with van der Waals surface area (Å²) in [6.45, 7) is 1.94. The number of hydrogen-bond donors (Lipinski definition) is 0. The molecule has 1 aliphatic carbocycles. The van der Waals surface area contributed by atoms with Gasteiger partial charge in [-0.05, 0) is 60.6 Å². The van der Waals surface area contributed by atoms with Crippen LogP contribution in [0.2, 0.25) is 5.02 Å². The number of ketones is 1. The Hall–Kier alpha value is -0.950. The van der Waals surface area contributed by atoms with Crippen molar-refractivity contribution in [1.82, 2.24) is 0 Å². The molecule has 4 nitrogen and oxygen atoms in total. The molecule has 2 rings (SSSR count). The van der Waals surface area contributed by atoms with E-state index in [0.29, 0.717) is 10.6 Å². The minimum atomic E-state index is -1.04. The molecule has 6 heteroatoms. The number of rotatable bonds is 6. The quantitative estimate of drug-likeness (QED) is 0.203. The predicted molar refractivity (Wildman–Crippen MR) is 104 cm³/mol. The highest BCUT2D eigenvalue weighted by atomic mass is 127. The van der Waals surface area contributed by atoms with Crippen molar-refractivity contribution in [3.8, 4) is 0 Å². The van der Waals surface area contributed by atoms with E-state index in [0.717, 1.165) is 29.3 Å². The Bertz CT molecular complexity index is 627. The lowest BCUT2D eigenvalue weighted by atomic mass is 9.95. The number of aliphatic imine (C=N–C) groups is 1. The number of carbonyl (C=O) groups is 2. The lowest BCUT2D eigenvalue weighted by molar-refractivity contribution is -0.143. The number of Topliss-reactive ketones (excluding diaryl/α,β-unsaturated/α-hetero) is 1. The predicted octanol–water partition coefficient (Wildman–Crippen LogP) is 4.71. The summed E-state index contributed by atoms with van der Waals surface area (Å²) in [5, 5.41) is 0.340. The molecular formula is C18H21ClINO3. The third-order valence-electron chi connectivity index (χ3n) is 4.04. The molecule has 0 aromatic heterocycles. The third-order valence-corrected chi connectivity index (χ3v) is 5.02. The average molecular weight is 462 g/mol. The molecule has 0 spiro atoms. The van der Waals surface area contributed by atoms with Crippen LogP contribution >= 0.6 is 34.2 Å². The molecule has 0 radical (unpaired) electrons. The number of hydrogen-bond acceptors (Lipinski definition) is 4. The number of carbonyl (C=O) groups excluding carboxylic acids is 2. The van der Waals surface area contributed by atoms with Crippen LogP contribution in [0, 0.1) is 9.49 Å².